The fourth-order valence-electron chi connectivity index (χ4n) is 6.60. The highest BCUT2D eigenvalue weighted by atomic mass is 35.5. The summed E-state index contributed by atoms with van der Waals surface area (Å²) in [6.07, 6.45) is -1.75. The molecule has 0 fully saturated rings. The summed E-state index contributed by atoms with van der Waals surface area (Å²) in [5.74, 6) is -0.402. The molecule has 0 aromatic heterocycles. The van der Waals surface area contributed by atoms with Gasteiger partial charge >= 0.3 is 12.1 Å². The van der Waals surface area contributed by atoms with Gasteiger partial charge in [0.1, 0.15) is 31.0 Å². The predicted octanol–water partition coefficient (Wildman–Crippen LogP) is 7.84. The quantitative estimate of drug-likeness (QED) is 0.128. The number of nitriles is 1. The van der Waals surface area contributed by atoms with Crippen molar-refractivity contribution in [1.82, 2.24) is 10.2 Å². The van der Waals surface area contributed by atoms with Crippen LogP contribution in [0, 0.1) is 11.3 Å². The first-order chi connectivity index (χ1) is 26.5. The molecule has 5 aromatic carbocycles. The summed E-state index contributed by atoms with van der Waals surface area (Å²) in [4.78, 5) is 39.3. The number of carboxylic acid groups (broad SMARTS) is 2. The maximum atomic E-state index is 13.6. The van der Waals surface area contributed by atoms with Gasteiger partial charge in [-0.2, -0.15) is 5.26 Å². The second-order valence-electron chi connectivity index (χ2n) is 13.2. The van der Waals surface area contributed by atoms with Crippen LogP contribution in [0.15, 0.2) is 103 Å². The highest BCUT2D eigenvalue weighted by Gasteiger charge is 2.38. The third kappa shape index (κ3) is 8.46. The van der Waals surface area contributed by atoms with Gasteiger partial charge < -0.3 is 29.7 Å². The molecule has 2 aliphatic heterocycles. The molecular formula is C42H33Cl2N3O8. The van der Waals surface area contributed by atoms with Crippen LogP contribution in [0.2, 0.25) is 10.0 Å². The minimum Gasteiger partial charge on any atom is -0.489 e. The van der Waals surface area contributed by atoms with Crippen molar-refractivity contribution in [3.8, 4) is 34.4 Å². The van der Waals surface area contributed by atoms with Crippen molar-refractivity contribution >= 4 is 41.2 Å². The van der Waals surface area contributed by atoms with Crippen LogP contribution < -0.4 is 19.5 Å². The third-order valence-electron chi connectivity index (χ3n) is 9.60. The van der Waals surface area contributed by atoms with Gasteiger partial charge in [-0.05, 0) is 87.5 Å². The number of benzene rings is 5. The fraction of sp³-hybridized carbons (Fsp3) is 0.190. The van der Waals surface area contributed by atoms with Crippen LogP contribution in [0.1, 0.15) is 39.5 Å². The molecule has 3 N–H and O–H groups in total. The maximum absolute atomic E-state index is 13.6. The Morgan fingerprint density at radius 1 is 0.855 bits per heavy atom. The van der Waals surface area contributed by atoms with Crippen molar-refractivity contribution in [1.29, 1.82) is 5.26 Å². The minimum atomic E-state index is -1.31. The van der Waals surface area contributed by atoms with Crippen LogP contribution in [0.5, 0.6) is 17.2 Å². The first-order valence-electron chi connectivity index (χ1n) is 17.3. The Labute approximate surface area is 326 Å². The molecule has 13 heteroatoms. The Kier molecular flexibility index (Phi) is 10.8. The highest BCUT2D eigenvalue weighted by molar-refractivity contribution is 6.42. The zero-order valence-corrected chi connectivity index (χ0v) is 30.6. The van der Waals surface area contributed by atoms with Gasteiger partial charge in [0.05, 0.1) is 28.2 Å². The van der Waals surface area contributed by atoms with Gasteiger partial charge in [0.25, 0.3) is 0 Å². The van der Waals surface area contributed by atoms with Crippen LogP contribution in [-0.4, -0.2) is 51.8 Å². The van der Waals surface area contributed by atoms with Crippen molar-refractivity contribution in [3.63, 3.8) is 0 Å². The normalized spacial score (nSPS) is 16.3. The summed E-state index contributed by atoms with van der Waals surface area (Å²) in [5.41, 5.74) is 6.07. The molecule has 2 amide bonds. The Morgan fingerprint density at radius 2 is 1.53 bits per heavy atom. The lowest BCUT2D eigenvalue weighted by atomic mass is 9.92. The Morgan fingerprint density at radius 3 is 2.18 bits per heavy atom. The summed E-state index contributed by atoms with van der Waals surface area (Å²) in [6.45, 7) is 0.420. The van der Waals surface area contributed by atoms with Gasteiger partial charge in [0.15, 0.2) is 17.6 Å². The molecule has 2 heterocycles. The van der Waals surface area contributed by atoms with Crippen LogP contribution >= 0.6 is 23.2 Å². The molecule has 3 atom stereocenters. The van der Waals surface area contributed by atoms with E-state index in [-0.39, 0.29) is 26.0 Å². The van der Waals surface area contributed by atoms with Crippen molar-refractivity contribution in [2.24, 2.45) is 0 Å². The van der Waals surface area contributed by atoms with E-state index < -0.39 is 36.2 Å². The number of nitrogens with one attached hydrogen (secondary N) is 1. The number of hydrogen-bond donors (Lipinski definition) is 3. The highest BCUT2D eigenvalue weighted by Crippen LogP contribution is 2.41. The van der Waals surface area contributed by atoms with E-state index in [0.717, 1.165) is 27.2 Å². The molecule has 55 heavy (non-hydrogen) atoms. The van der Waals surface area contributed by atoms with Crippen molar-refractivity contribution < 1.29 is 38.8 Å². The molecule has 0 spiro atoms. The molecule has 0 aliphatic carbocycles. The first-order valence-corrected chi connectivity index (χ1v) is 18.0. The fourth-order valence-corrected chi connectivity index (χ4v) is 6.92. The maximum Gasteiger partial charge on any atom is 0.408 e. The van der Waals surface area contributed by atoms with Crippen LogP contribution in [0.25, 0.3) is 11.1 Å². The minimum absolute atomic E-state index is 0.0144. The average molecular weight is 779 g/mol. The second kappa shape index (κ2) is 16.0. The number of fused-ring (bicyclic) bond motifs is 2. The topological polar surface area (TPSA) is 158 Å². The van der Waals surface area contributed by atoms with E-state index in [2.05, 4.69) is 11.4 Å². The lowest BCUT2D eigenvalue weighted by molar-refractivity contribution is -0.142. The SMILES string of the molecule is N#Cc1ccc(-c2ccc(C[C@H](NC(=O)C3Cc4cc5c(cc4CN3C(=O)O)O[C@@H](c3ccc(OCc4ccc(Cl)c(Cl)c4)cc3)CO5)C(=O)O)cc2)cc1. The molecule has 7 rings (SSSR count). The van der Waals surface area contributed by atoms with Gasteiger partial charge in [-0.3, -0.25) is 9.69 Å². The molecule has 0 saturated carbocycles. The van der Waals surface area contributed by atoms with Crippen molar-refractivity contribution in [2.45, 2.75) is 44.2 Å². The molecule has 11 nitrogen and oxygen atoms in total. The molecule has 0 bridgehead atoms. The predicted molar refractivity (Wildman–Crippen MR) is 203 cm³/mol. The van der Waals surface area contributed by atoms with E-state index in [4.69, 9.17) is 42.7 Å². The number of amides is 2. The number of rotatable bonds is 10. The largest absolute Gasteiger partial charge is 0.489 e. The summed E-state index contributed by atoms with van der Waals surface area (Å²) in [6, 6.07) is 30.2. The Hall–Kier alpha value is -6.22. The number of carbonyl (C=O) groups excluding carboxylic acids is 1. The van der Waals surface area contributed by atoms with E-state index in [1.807, 2.05) is 54.6 Å². The third-order valence-corrected chi connectivity index (χ3v) is 10.3. The molecule has 2 aliphatic rings. The Bertz CT molecular complexity index is 2290. The Balaban J connectivity index is 0.996. The number of ether oxygens (including phenoxy) is 3. The van der Waals surface area contributed by atoms with Crippen LogP contribution in [0.3, 0.4) is 0 Å². The van der Waals surface area contributed by atoms with E-state index in [1.165, 1.54) is 0 Å². The molecule has 0 radical (unpaired) electrons. The molecule has 0 saturated heterocycles. The van der Waals surface area contributed by atoms with E-state index in [0.29, 0.717) is 56.2 Å². The number of nitrogens with zero attached hydrogens (tertiary/aromatic N) is 2. The average Bonchev–Trinajstić information content (AvgIpc) is 3.20. The number of aliphatic carboxylic acids is 1. The van der Waals surface area contributed by atoms with E-state index in [9.17, 15) is 24.6 Å². The summed E-state index contributed by atoms with van der Waals surface area (Å²) >= 11 is 12.1. The van der Waals surface area contributed by atoms with Gasteiger partial charge in [-0.1, -0.05) is 77.8 Å². The first kappa shape index (κ1) is 37.1. The smallest absolute Gasteiger partial charge is 0.408 e. The number of carboxylic acids is 1. The molecular weight excluding hydrogens is 745 g/mol. The number of halogens is 2. The molecule has 1 unspecified atom stereocenters. The van der Waals surface area contributed by atoms with Gasteiger partial charge in [-0.25, -0.2) is 9.59 Å². The lowest BCUT2D eigenvalue weighted by Gasteiger charge is -2.36. The van der Waals surface area contributed by atoms with E-state index in [1.54, 1.807) is 48.5 Å². The lowest BCUT2D eigenvalue weighted by Crippen LogP contribution is -2.55. The monoisotopic (exact) mass is 777 g/mol. The van der Waals surface area contributed by atoms with Crippen molar-refractivity contribution in [3.05, 3.63) is 147 Å². The zero-order valence-electron chi connectivity index (χ0n) is 29.1. The van der Waals surface area contributed by atoms with Crippen LogP contribution in [-0.2, 0) is 35.6 Å². The summed E-state index contributed by atoms with van der Waals surface area (Å²) < 4.78 is 18.3. The number of hydrogen-bond acceptors (Lipinski definition) is 7. The van der Waals surface area contributed by atoms with Gasteiger partial charge in [-0.15, -0.1) is 0 Å². The standard InChI is InChI=1S/C42H33Cl2N3O8/c43-33-14-5-26(15-34(33)44)22-53-32-12-10-29(11-13-32)39-23-54-37-18-30-17-36(47(42(51)52)21-31(30)19-38(37)55-39)40(48)46-35(41(49)50)16-24-1-6-27(7-2-24)28-8-3-25(20-45)4-9-28/h1-15,18-19,35-36,39H,16-17,21-23H2,(H,46,48)(H,49,50)(H,51,52)/t35-,36?,39+/m0/s1. The second-order valence-corrected chi connectivity index (χ2v) is 14.0. The van der Waals surface area contributed by atoms with Gasteiger partial charge in [0.2, 0.25) is 5.91 Å². The summed E-state index contributed by atoms with van der Waals surface area (Å²) in [5, 5.41) is 32.7. The summed E-state index contributed by atoms with van der Waals surface area (Å²) in [7, 11) is 0. The van der Waals surface area contributed by atoms with Gasteiger partial charge in [0, 0.05) is 12.8 Å². The van der Waals surface area contributed by atoms with Crippen molar-refractivity contribution in [2.75, 3.05) is 6.61 Å². The molecule has 278 valence electrons. The number of carbonyl (C=O) groups is 3. The zero-order chi connectivity index (χ0) is 38.6. The van der Waals surface area contributed by atoms with Crippen LogP contribution in [0.4, 0.5) is 4.79 Å². The van der Waals surface area contributed by atoms with E-state index >= 15 is 0 Å². The molecule has 5 aromatic rings.